The van der Waals surface area contributed by atoms with Crippen molar-refractivity contribution < 1.29 is 17.6 Å². The summed E-state index contributed by atoms with van der Waals surface area (Å²) < 4.78 is 51.1. The van der Waals surface area contributed by atoms with Crippen molar-refractivity contribution in [3.63, 3.8) is 0 Å². The van der Waals surface area contributed by atoms with E-state index in [0.717, 1.165) is 24.3 Å². The van der Waals surface area contributed by atoms with Crippen LogP contribution in [-0.2, 0) is 6.18 Å². The van der Waals surface area contributed by atoms with Gasteiger partial charge in [0.25, 0.3) is 5.56 Å². The van der Waals surface area contributed by atoms with Crippen LogP contribution in [0.1, 0.15) is 5.56 Å². The van der Waals surface area contributed by atoms with Gasteiger partial charge in [-0.25, -0.2) is 9.49 Å². The van der Waals surface area contributed by atoms with Gasteiger partial charge in [0.2, 0.25) is 0 Å². The molecular weight excluding hydrogens is 252 g/mol. The predicted molar refractivity (Wildman–Crippen MR) is 55.3 cm³/mol. The fraction of sp³-hybridized carbons (Fsp3) is 0.0909. The fourth-order valence-electron chi connectivity index (χ4n) is 1.47. The predicted octanol–water partition coefficient (Wildman–Crippen LogP) is 2.59. The van der Waals surface area contributed by atoms with Crippen LogP contribution >= 0.6 is 0 Å². The van der Waals surface area contributed by atoms with Gasteiger partial charge in [0.05, 0.1) is 11.3 Å². The molecule has 2 aromatic rings. The van der Waals surface area contributed by atoms with Crippen molar-refractivity contribution in [2.75, 3.05) is 0 Å². The lowest BCUT2D eigenvalue weighted by Crippen LogP contribution is -2.10. The Morgan fingerprint density at radius 2 is 1.83 bits per heavy atom. The van der Waals surface area contributed by atoms with Gasteiger partial charge in [-0.2, -0.15) is 18.3 Å². The number of hydrogen-bond acceptors (Lipinski definition) is 2. The van der Waals surface area contributed by atoms with E-state index in [1.807, 2.05) is 5.10 Å². The van der Waals surface area contributed by atoms with Crippen LogP contribution in [-0.4, -0.2) is 10.2 Å². The highest BCUT2D eigenvalue weighted by atomic mass is 19.4. The van der Waals surface area contributed by atoms with Crippen molar-refractivity contribution in [1.29, 1.82) is 0 Å². The van der Waals surface area contributed by atoms with Crippen LogP contribution in [0, 0.1) is 5.82 Å². The molecule has 18 heavy (non-hydrogen) atoms. The molecule has 0 saturated carbocycles. The zero-order chi connectivity index (χ0) is 13.3. The van der Waals surface area contributed by atoms with E-state index < -0.39 is 23.1 Å². The minimum Gasteiger partial charge on any atom is -0.268 e. The highest BCUT2D eigenvalue weighted by molar-refractivity contribution is 5.63. The van der Waals surface area contributed by atoms with E-state index in [-0.39, 0.29) is 11.3 Å². The molecule has 0 bridgehead atoms. The smallest absolute Gasteiger partial charge is 0.268 e. The number of rotatable bonds is 1. The van der Waals surface area contributed by atoms with E-state index in [2.05, 4.69) is 5.10 Å². The van der Waals surface area contributed by atoms with Crippen molar-refractivity contribution in [2.24, 2.45) is 0 Å². The topological polar surface area (TPSA) is 45.8 Å². The molecule has 2 rings (SSSR count). The summed E-state index contributed by atoms with van der Waals surface area (Å²) in [6, 6.07) is 4.45. The largest absolute Gasteiger partial charge is 0.417 e. The number of aromatic amines is 1. The maximum atomic E-state index is 12.9. The van der Waals surface area contributed by atoms with Gasteiger partial charge in [-0.3, -0.25) is 4.79 Å². The molecule has 0 aliphatic rings. The maximum Gasteiger partial charge on any atom is 0.417 e. The normalized spacial score (nSPS) is 11.6. The molecule has 1 aromatic carbocycles. The Balaban J connectivity index is 2.64. The summed E-state index contributed by atoms with van der Waals surface area (Å²) >= 11 is 0. The van der Waals surface area contributed by atoms with E-state index >= 15 is 0 Å². The lowest BCUT2D eigenvalue weighted by Gasteiger charge is -2.11. The molecule has 1 aromatic heterocycles. The number of alkyl halides is 3. The standard InChI is InChI=1S/C11H6F4N2O/c12-6-1-2-7(8(5-6)11(13,14)15)9-3-4-10(18)17-16-9/h1-5H,(H,17,18). The van der Waals surface area contributed by atoms with Crippen LogP contribution in [0.15, 0.2) is 35.1 Å². The summed E-state index contributed by atoms with van der Waals surface area (Å²) in [5, 5.41) is 5.52. The average molecular weight is 258 g/mol. The first-order chi connectivity index (χ1) is 8.38. The van der Waals surface area contributed by atoms with Gasteiger partial charge in [-0.1, -0.05) is 0 Å². The van der Waals surface area contributed by atoms with Crippen LogP contribution < -0.4 is 5.56 Å². The van der Waals surface area contributed by atoms with Gasteiger partial charge in [0, 0.05) is 11.6 Å². The number of nitrogens with one attached hydrogen (secondary N) is 1. The summed E-state index contributed by atoms with van der Waals surface area (Å²) in [6.07, 6.45) is -4.70. The SMILES string of the molecule is O=c1ccc(-c2ccc(F)cc2C(F)(F)F)n[nH]1. The molecule has 0 amide bonds. The third kappa shape index (κ3) is 2.39. The fourth-order valence-corrected chi connectivity index (χ4v) is 1.47. The van der Waals surface area contributed by atoms with Crippen LogP contribution in [0.2, 0.25) is 0 Å². The van der Waals surface area contributed by atoms with E-state index in [4.69, 9.17) is 0 Å². The molecule has 0 atom stereocenters. The molecule has 0 aliphatic heterocycles. The molecule has 1 N–H and O–H groups in total. The highest BCUT2D eigenvalue weighted by Gasteiger charge is 2.34. The number of hydrogen-bond donors (Lipinski definition) is 1. The molecule has 0 aliphatic carbocycles. The number of nitrogens with zero attached hydrogens (tertiary/aromatic N) is 1. The molecule has 0 saturated heterocycles. The molecular formula is C11H6F4N2O. The van der Waals surface area contributed by atoms with Crippen molar-refractivity contribution in [3.8, 4) is 11.3 Å². The first kappa shape index (κ1) is 12.3. The molecule has 94 valence electrons. The Morgan fingerprint density at radius 1 is 1.11 bits per heavy atom. The Bertz CT molecular complexity index is 613. The minimum absolute atomic E-state index is 0.0816. The number of H-pyrrole nitrogens is 1. The van der Waals surface area contributed by atoms with E-state index in [9.17, 15) is 22.4 Å². The van der Waals surface area contributed by atoms with Gasteiger partial charge in [-0.05, 0) is 24.3 Å². The quantitative estimate of drug-likeness (QED) is 0.799. The van der Waals surface area contributed by atoms with Gasteiger partial charge >= 0.3 is 6.18 Å². The summed E-state index contributed by atoms with van der Waals surface area (Å²) in [5.41, 5.74) is -2.04. The van der Waals surface area contributed by atoms with Gasteiger partial charge in [-0.15, -0.1) is 0 Å². The van der Waals surface area contributed by atoms with E-state index in [1.54, 1.807) is 0 Å². The second kappa shape index (κ2) is 4.25. The van der Waals surface area contributed by atoms with Gasteiger partial charge in [0.15, 0.2) is 0 Å². The number of aromatic nitrogens is 2. The average Bonchev–Trinajstić information content (AvgIpc) is 2.29. The summed E-state index contributed by atoms with van der Waals surface area (Å²) in [6.45, 7) is 0. The maximum absolute atomic E-state index is 12.9. The zero-order valence-corrected chi connectivity index (χ0v) is 8.75. The van der Waals surface area contributed by atoms with Gasteiger partial charge in [0.1, 0.15) is 5.82 Å². The summed E-state index contributed by atoms with van der Waals surface area (Å²) in [4.78, 5) is 10.8. The Labute approximate surface area is 98.1 Å². The Hall–Kier alpha value is -2.18. The first-order valence-corrected chi connectivity index (χ1v) is 4.81. The number of benzene rings is 1. The summed E-state index contributed by atoms with van der Waals surface area (Å²) in [5.74, 6) is -0.990. The van der Waals surface area contributed by atoms with E-state index in [1.165, 1.54) is 0 Å². The molecule has 7 heteroatoms. The third-order valence-corrected chi connectivity index (χ3v) is 2.24. The molecule has 0 unspecified atom stereocenters. The van der Waals surface area contributed by atoms with Crippen molar-refractivity contribution >= 4 is 0 Å². The zero-order valence-electron chi connectivity index (χ0n) is 8.75. The third-order valence-electron chi connectivity index (χ3n) is 2.24. The van der Waals surface area contributed by atoms with Crippen LogP contribution in [0.5, 0.6) is 0 Å². The molecule has 0 spiro atoms. The Kier molecular flexibility index (Phi) is 2.90. The highest BCUT2D eigenvalue weighted by Crippen LogP contribution is 2.36. The van der Waals surface area contributed by atoms with Crippen molar-refractivity contribution in [2.45, 2.75) is 6.18 Å². The van der Waals surface area contributed by atoms with Crippen LogP contribution in [0.3, 0.4) is 0 Å². The number of halogens is 4. The monoisotopic (exact) mass is 258 g/mol. The van der Waals surface area contributed by atoms with Crippen molar-refractivity contribution in [1.82, 2.24) is 10.2 Å². The first-order valence-electron chi connectivity index (χ1n) is 4.81. The van der Waals surface area contributed by atoms with Crippen LogP contribution in [0.4, 0.5) is 17.6 Å². The van der Waals surface area contributed by atoms with Crippen LogP contribution in [0.25, 0.3) is 11.3 Å². The lowest BCUT2D eigenvalue weighted by molar-refractivity contribution is -0.137. The molecule has 1 heterocycles. The second-order valence-corrected chi connectivity index (χ2v) is 3.49. The Morgan fingerprint density at radius 3 is 2.39 bits per heavy atom. The van der Waals surface area contributed by atoms with Gasteiger partial charge < -0.3 is 0 Å². The van der Waals surface area contributed by atoms with Crippen molar-refractivity contribution in [3.05, 3.63) is 52.1 Å². The summed E-state index contributed by atoms with van der Waals surface area (Å²) in [7, 11) is 0. The van der Waals surface area contributed by atoms with E-state index in [0.29, 0.717) is 6.07 Å². The lowest BCUT2D eigenvalue weighted by atomic mass is 10.0. The molecule has 0 fully saturated rings. The second-order valence-electron chi connectivity index (χ2n) is 3.49. The molecule has 0 radical (unpaired) electrons. The minimum atomic E-state index is -4.70. The molecule has 3 nitrogen and oxygen atoms in total.